The van der Waals surface area contributed by atoms with Crippen molar-refractivity contribution >= 4 is 28.9 Å². The molecule has 4 rings (SSSR count). The summed E-state index contributed by atoms with van der Waals surface area (Å²) in [5.74, 6) is 0.414. The van der Waals surface area contributed by atoms with Crippen molar-refractivity contribution in [1.29, 1.82) is 0 Å². The van der Waals surface area contributed by atoms with E-state index in [0.717, 1.165) is 24.2 Å². The number of carbonyl (C=O) groups is 2. The minimum absolute atomic E-state index is 0.0218. The fourth-order valence-corrected chi connectivity index (χ4v) is 3.33. The van der Waals surface area contributed by atoms with Gasteiger partial charge in [0.25, 0.3) is 5.91 Å². The van der Waals surface area contributed by atoms with E-state index in [1.165, 1.54) is 12.5 Å². The lowest BCUT2D eigenvalue weighted by molar-refractivity contribution is 0.0977. The normalized spacial score (nSPS) is 13.0. The molecule has 1 amide bonds. The Kier molecular flexibility index (Phi) is 4.85. The smallest absolute Gasteiger partial charge is 0.278 e. The van der Waals surface area contributed by atoms with Crippen molar-refractivity contribution in [2.45, 2.75) is 19.8 Å². The van der Waals surface area contributed by atoms with Crippen molar-refractivity contribution in [2.24, 2.45) is 0 Å². The van der Waals surface area contributed by atoms with Crippen LogP contribution in [0.1, 0.15) is 39.8 Å². The number of fused-ring (bicyclic) bond motifs is 1. The van der Waals surface area contributed by atoms with Crippen molar-refractivity contribution in [2.75, 3.05) is 16.8 Å². The molecule has 0 bridgehead atoms. The van der Waals surface area contributed by atoms with E-state index in [0.29, 0.717) is 23.6 Å². The molecule has 1 aliphatic heterocycles. The van der Waals surface area contributed by atoms with Crippen LogP contribution in [0.4, 0.5) is 17.2 Å². The number of hydrogen-bond acceptors (Lipinski definition) is 5. The number of Topliss-reactive ketones (excluding diaryl/α,β-unsaturated/α-hetero) is 1. The molecule has 0 aliphatic carbocycles. The first-order chi connectivity index (χ1) is 13.6. The van der Waals surface area contributed by atoms with Crippen LogP contribution in [0.5, 0.6) is 0 Å². The molecule has 0 unspecified atom stereocenters. The second-order valence-electron chi connectivity index (χ2n) is 6.75. The lowest BCUT2D eigenvalue weighted by atomic mass is 10.0. The number of carbonyl (C=O) groups excluding carboxylic acids is 2. The molecule has 0 fully saturated rings. The number of nitrogens with zero attached hydrogens (tertiary/aromatic N) is 3. The van der Waals surface area contributed by atoms with E-state index in [1.54, 1.807) is 29.2 Å². The predicted octanol–water partition coefficient (Wildman–Crippen LogP) is 4.02. The molecule has 0 atom stereocenters. The largest absolute Gasteiger partial charge is 0.339 e. The molecular weight excluding hydrogens is 352 g/mol. The summed E-state index contributed by atoms with van der Waals surface area (Å²) in [6.45, 7) is 2.21. The van der Waals surface area contributed by atoms with Crippen LogP contribution in [-0.4, -0.2) is 28.4 Å². The van der Waals surface area contributed by atoms with Gasteiger partial charge in [-0.15, -0.1) is 10.2 Å². The highest BCUT2D eigenvalue weighted by molar-refractivity contribution is 6.05. The van der Waals surface area contributed by atoms with E-state index < -0.39 is 0 Å². The van der Waals surface area contributed by atoms with Gasteiger partial charge < -0.3 is 10.2 Å². The number of rotatable bonds is 4. The molecule has 0 spiro atoms. The Labute approximate surface area is 163 Å². The number of aryl methyl sites for hydroxylation is 1. The number of ketones is 1. The summed E-state index contributed by atoms with van der Waals surface area (Å²) in [4.78, 5) is 26.0. The van der Waals surface area contributed by atoms with Crippen molar-refractivity contribution in [3.05, 3.63) is 77.5 Å². The predicted molar refractivity (Wildman–Crippen MR) is 108 cm³/mol. The van der Waals surface area contributed by atoms with Crippen LogP contribution in [0.15, 0.2) is 60.7 Å². The fourth-order valence-electron chi connectivity index (χ4n) is 3.33. The van der Waals surface area contributed by atoms with Crippen LogP contribution in [0.25, 0.3) is 0 Å². The van der Waals surface area contributed by atoms with Gasteiger partial charge in [-0.3, -0.25) is 9.59 Å². The molecule has 0 radical (unpaired) electrons. The van der Waals surface area contributed by atoms with Gasteiger partial charge in [-0.1, -0.05) is 18.2 Å². The van der Waals surface area contributed by atoms with E-state index in [9.17, 15) is 9.59 Å². The van der Waals surface area contributed by atoms with Gasteiger partial charge in [0.2, 0.25) is 0 Å². The number of anilines is 3. The van der Waals surface area contributed by atoms with E-state index in [4.69, 9.17) is 0 Å². The maximum atomic E-state index is 12.9. The summed E-state index contributed by atoms with van der Waals surface area (Å²) in [5, 5.41) is 11.4. The molecule has 6 heteroatoms. The maximum Gasteiger partial charge on any atom is 0.278 e. The van der Waals surface area contributed by atoms with Crippen molar-refractivity contribution < 1.29 is 9.59 Å². The number of para-hydroxylation sites is 1. The molecule has 6 nitrogen and oxygen atoms in total. The Morgan fingerprint density at radius 1 is 0.964 bits per heavy atom. The van der Waals surface area contributed by atoms with Gasteiger partial charge in [-0.05, 0) is 67.8 Å². The Morgan fingerprint density at radius 3 is 2.46 bits per heavy atom. The Bertz CT molecular complexity index is 1010. The molecule has 140 valence electrons. The van der Waals surface area contributed by atoms with Crippen LogP contribution in [0.2, 0.25) is 0 Å². The van der Waals surface area contributed by atoms with Gasteiger partial charge in [0.15, 0.2) is 17.3 Å². The van der Waals surface area contributed by atoms with Gasteiger partial charge in [0, 0.05) is 23.5 Å². The Hall–Kier alpha value is -3.54. The average Bonchev–Trinajstić information content (AvgIpc) is 2.74. The second kappa shape index (κ2) is 7.60. The highest BCUT2D eigenvalue weighted by atomic mass is 16.2. The minimum atomic E-state index is -0.142. The second-order valence-corrected chi connectivity index (χ2v) is 6.75. The van der Waals surface area contributed by atoms with E-state index in [2.05, 4.69) is 21.6 Å². The number of nitrogens with one attached hydrogen (secondary N) is 1. The van der Waals surface area contributed by atoms with Crippen LogP contribution in [0.3, 0.4) is 0 Å². The van der Waals surface area contributed by atoms with Crippen LogP contribution >= 0.6 is 0 Å². The summed E-state index contributed by atoms with van der Waals surface area (Å²) < 4.78 is 0. The zero-order chi connectivity index (χ0) is 19.5. The zero-order valence-corrected chi connectivity index (χ0v) is 15.6. The third-order valence-corrected chi connectivity index (χ3v) is 4.80. The molecule has 0 saturated heterocycles. The van der Waals surface area contributed by atoms with Crippen molar-refractivity contribution in [1.82, 2.24) is 10.2 Å². The molecule has 1 aliphatic rings. The molecular formula is C22H20N4O2. The molecule has 1 N–H and O–H groups in total. The summed E-state index contributed by atoms with van der Waals surface area (Å²) in [5.41, 5.74) is 3.90. The lowest BCUT2D eigenvalue weighted by Crippen LogP contribution is -2.36. The van der Waals surface area contributed by atoms with Crippen LogP contribution < -0.4 is 10.2 Å². The quantitative estimate of drug-likeness (QED) is 0.700. The Morgan fingerprint density at radius 2 is 1.75 bits per heavy atom. The maximum absolute atomic E-state index is 12.9. The summed E-state index contributed by atoms with van der Waals surface area (Å²) in [6, 6.07) is 18.5. The number of hydrogen-bond donors (Lipinski definition) is 1. The van der Waals surface area contributed by atoms with Gasteiger partial charge >= 0.3 is 0 Å². The molecule has 3 aromatic rings. The molecule has 0 saturated carbocycles. The first kappa shape index (κ1) is 17.9. The average molecular weight is 372 g/mol. The molecule has 28 heavy (non-hydrogen) atoms. The topological polar surface area (TPSA) is 75.2 Å². The third-order valence-electron chi connectivity index (χ3n) is 4.80. The van der Waals surface area contributed by atoms with Gasteiger partial charge in [0.05, 0.1) is 0 Å². The third kappa shape index (κ3) is 3.62. The van der Waals surface area contributed by atoms with Gasteiger partial charge in [0.1, 0.15) is 0 Å². The van der Waals surface area contributed by atoms with E-state index >= 15 is 0 Å². The number of amides is 1. The van der Waals surface area contributed by atoms with Crippen molar-refractivity contribution in [3.63, 3.8) is 0 Å². The molecule has 2 aromatic carbocycles. The summed E-state index contributed by atoms with van der Waals surface area (Å²) in [7, 11) is 0. The standard InChI is InChI=1S/C22H20N4O2/c1-15(27)16-8-10-18(11-9-16)23-21-13-12-19(24-25-21)22(28)26-14-4-6-17-5-2-3-7-20(17)26/h2-3,5,7-13H,4,6,14H2,1H3,(H,23,25). The monoisotopic (exact) mass is 372 g/mol. The highest BCUT2D eigenvalue weighted by Gasteiger charge is 2.24. The minimum Gasteiger partial charge on any atom is -0.339 e. The SMILES string of the molecule is CC(=O)c1ccc(Nc2ccc(C(=O)N3CCCc4ccccc43)nn2)cc1. The summed E-state index contributed by atoms with van der Waals surface area (Å²) in [6.07, 6.45) is 1.92. The molecule has 1 aromatic heterocycles. The zero-order valence-electron chi connectivity index (χ0n) is 15.6. The number of aromatic nitrogens is 2. The first-order valence-corrected chi connectivity index (χ1v) is 9.23. The molecule has 2 heterocycles. The van der Waals surface area contributed by atoms with Crippen LogP contribution in [0, 0.1) is 0 Å². The fraction of sp³-hybridized carbons (Fsp3) is 0.182. The van der Waals surface area contributed by atoms with Crippen LogP contribution in [-0.2, 0) is 6.42 Å². The van der Waals surface area contributed by atoms with Gasteiger partial charge in [-0.2, -0.15) is 0 Å². The van der Waals surface area contributed by atoms with E-state index in [1.807, 2.05) is 30.3 Å². The first-order valence-electron chi connectivity index (χ1n) is 9.23. The highest BCUT2D eigenvalue weighted by Crippen LogP contribution is 2.27. The Balaban J connectivity index is 1.49. The number of benzene rings is 2. The lowest BCUT2D eigenvalue weighted by Gasteiger charge is -2.29. The van der Waals surface area contributed by atoms with E-state index in [-0.39, 0.29) is 11.7 Å². The van der Waals surface area contributed by atoms with Gasteiger partial charge in [-0.25, -0.2) is 0 Å². The summed E-state index contributed by atoms with van der Waals surface area (Å²) >= 11 is 0. The van der Waals surface area contributed by atoms with Crippen molar-refractivity contribution in [3.8, 4) is 0 Å².